The van der Waals surface area contributed by atoms with Gasteiger partial charge in [-0.2, -0.15) is 5.10 Å². The van der Waals surface area contributed by atoms with Crippen molar-refractivity contribution in [3.63, 3.8) is 0 Å². The normalized spacial score (nSPS) is 23.1. The summed E-state index contributed by atoms with van der Waals surface area (Å²) in [5.41, 5.74) is -0.244. The molecule has 1 fully saturated rings. The van der Waals surface area contributed by atoms with Gasteiger partial charge < -0.3 is 10.0 Å². The Labute approximate surface area is 128 Å². The molecule has 2 atom stereocenters. The number of likely N-dealkylation sites (tertiary alicyclic amines) is 1. The molecule has 122 valence electrons. The molecule has 1 aromatic rings. The Morgan fingerprint density at radius 3 is 2.68 bits per heavy atom. The fraction of sp³-hybridized carbons (Fsp3) is 0.714. The Morgan fingerprint density at radius 1 is 1.50 bits per heavy atom. The molecule has 1 N–H and O–H groups in total. The van der Waals surface area contributed by atoms with Gasteiger partial charge in [0.1, 0.15) is 12.4 Å². The predicted octanol–water partition coefficient (Wildman–Crippen LogP) is 2.91. The maximum Gasteiger partial charge on any atom is 0.407 e. The van der Waals surface area contributed by atoms with E-state index in [-0.39, 0.29) is 23.2 Å². The molecule has 0 aromatic carbocycles. The first-order chi connectivity index (χ1) is 10.2. The third-order valence-electron chi connectivity index (χ3n) is 4.23. The van der Waals surface area contributed by atoms with E-state index in [1.807, 2.05) is 20.8 Å². The maximum absolute atomic E-state index is 11.5. The summed E-state index contributed by atoms with van der Waals surface area (Å²) in [7, 11) is 0. The van der Waals surface area contributed by atoms with Crippen LogP contribution in [-0.4, -0.2) is 43.4 Å². The van der Waals surface area contributed by atoms with E-state index in [0.29, 0.717) is 13.0 Å². The summed E-state index contributed by atoms with van der Waals surface area (Å²) in [5.74, 6) is 0. The minimum Gasteiger partial charge on any atom is -0.465 e. The van der Waals surface area contributed by atoms with Crippen LogP contribution in [-0.2, 0) is 0 Å². The second-order valence-electron chi connectivity index (χ2n) is 6.83. The number of aromatic nitrogens is 2. The molecule has 0 saturated carbocycles. The molecule has 2 heterocycles. The Balaban J connectivity index is 2.27. The average molecular weight is 310 g/mol. The summed E-state index contributed by atoms with van der Waals surface area (Å²) in [6.07, 6.45) is 3.85. The van der Waals surface area contributed by atoms with E-state index in [0.717, 1.165) is 12.8 Å². The highest BCUT2D eigenvalue weighted by atomic mass is 16.6. The molecular weight excluding hydrogens is 288 g/mol. The molecule has 0 aliphatic carbocycles. The molecule has 8 nitrogen and oxygen atoms in total. The lowest BCUT2D eigenvalue weighted by molar-refractivity contribution is -0.385. The lowest BCUT2D eigenvalue weighted by Crippen LogP contribution is -2.47. The third-order valence-corrected chi connectivity index (χ3v) is 4.23. The van der Waals surface area contributed by atoms with E-state index < -0.39 is 11.0 Å². The number of hydrogen-bond donors (Lipinski definition) is 1. The van der Waals surface area contributed by atoms with Crippen LogP contribution in [0.3, 0.4) is 0 Å². The van der Waals surface area contributed by atoms with Crippen molar-refractivity contribution in [2.24, 2.45) is 5.41 Å². The number of amides is 1. The topological polar surface area (TPSA) is 101 Å². The summed E-state index contributed by atoms with van der Waals surface area (Å²) in [5, 5.41) is 24.3. The van der Waals surface area contributed by atoms with Crippen molar-refractivity contribution in [3.8, 4) is 0 Å². The summed E-state index contributed by atoms with van der Waals surface area (Å²) in [6, 6.07) is -0.178. The first-order valence-electron chi connectivity index (χ1n) is 7.38. The number of carboxylic acid groups (broad SMARTS) is 1. The summed E-state index contributed by atoms with van der Waals surface area (Å²) in [6.45, 7) is 6.53. The summed E-state index contributed by atoms with van der Waals surface area (Å²) < 4.78 is 1.61. The summed E-state index contributed by atoms with van der Waals surface area (Å²) in [4.78, 5) is 23.3. The lowest BCUT2D eigenvalue weighted by atomic mass is 9.82. The van der Waals surface area contributed by atoms with E-state index in [2.05, 4.69) is 5.10 Å². The van der Waals surface area contributed by atoms with Crippen LogP contribution in [0.4, 0.5) is 10.5 Å². The zero-order chi connectivity index (χ0) is 16.5. The highest BCUT2D eigenvalue weighted by Gasteiger charge is 2.37. The average Bonchev–Trinajstić information content (AvgIpc) is 2.76. The van der Waals surface area contributed by atoms with Crippen molar-refractivity contribution in [1.29, 1.82) is 0 Å². The van der Waals surface area contributed by atoms with E-state index in [4.69, 9.17) is 0 Å². The van der Waals surface area contributed by atoms with E-state index in [1.54, 1.807) is 4.68 Å². The fourth-order valence-electron chi connectivity index (χ4n) is 3.07. The van der Waals surface area contributed by atoms with Gasteiger partial charge in [0.15, 0.2) is 0 Å². The SMILES string of the molecule is CC(C)(C)C1CC(n2cc([N+](=O)[O-])cn2)CCCN1C(=O)O. The van der Waals surface area contributed by atoms with Crippen LogP contribution in [0.15, 0.2) is 12.4 Å². The van der Waals surface area contributed by atoms with Crippen molar-refractivity contribution in [1.82, 2.24) is 14.7 Å². The Kier molecular flexibility index (Phi) is 4.39. The first kappa shape index (κ1) is 16.3. The monoisotopic (exact) mass is 310 g/mol. The highest BCUT2D eigenvalue weighted by Crippen LogP contribution is 2.36. The molecule has 0 spiro atoms. The lowest BCUT2D eigenvalue weighted by Gasteiger charge is -2.38. The zero-order valence-electron chi connectivity index (χ0n) is 13.1. The van der Waals surface area contributed by atoms with Gasteiger partial charge in [0, 0.05) is 12.6 Å². The van der Waals surface area contributed by atoms with Gasteiger partial charge in [0.2, 0.25) is 0 Å². The molecule has 1 saturated heterocycles. The number of hydrogen-bond acceptors (Lipinski definition) is 4. The van der Waals surface area contributed by atoms with Gasteiger partial charge in [-0.25, -0.2) is 4.79 Å². The van der Waals surface area contributed by atoms with Crippen LogP contribution >= 0.6 is 0 Å². The van der Waals surface area contributed by atoms with E-state index in [1.165, 1.54) is 17.3 Å². The van der Waals surface area contributed by atoms with Crippen molar-refractivity contribution in [3.05, 3.63) is 22.5 Å². The molecule has 2 unspecified atom stereocenters. The molecule has 0 bridgehead atoms. The van der Waals surface area contributed by atoms with Gasteiger partial charge in [-0.3, -0.25) is 14.8 Å². The van der Waals surface area contributed by atoms with Gasteiger partial charge in [-0.15, -0.1) is 0 Å². The second-order valence-corrected chi connectivity index (χ2v) is 6.83. The van der Waals surface area contributed by atoms with E-state index >= 15 is 0 Å². The van der Waals surface area contributed by atoms with Gasteiger partial charge in [-0.1, -0.05) is 20.8 Å². The van der Waals surface area contributed by atoms with E-state index in [9.17, 15) is 20.0 Å². The molecule has 22 heavy (non-hydrogen) atoms. The fourth-order valence-corrected chi connectivity index (χ4v) is 3.07. The predicted molar refractivity (Wildman–Crippen MR) is 79.7 cm³/mol. The highest BCUT2D eigenvalue weighted by molar-refractivity contribution is 5.65. The van der Waals surface area contributed by atoms with Gasteiger partial charge >= 0.3 is 11.8 Å². The maximum atomic E-state index is 11.5. The van der Waals surface area contributed by atoms with Crippen LogP contribution in [0, 0.1) is 15.5 Å². The Bertz CT molecular complexity index is 563. The smallest absolute Gasteiger partial charge is 0.407 e. The summed E-state index contributed by atoms with van der Waals surface area (Å²) >= 11 is 0. The minimum absolute atomic E-state index is 0.0257. The number of rotatable bonds is 2. The molecule has 1 amide bonds. The largest absolute Gasteiger partial charge is 0.465 e. The van der Waals surface area contributed by atoms with Gasteiger partial charge in [0.05, 0.1) is 11.0 Å². The van der Waals surface area contributed by atoms with Crippen LogP contribution in [0.2, 0.25) is 0 Å². The molecule has 1 aliphatic heterocycles. The molecule has 0 radical (unpaired) electrons. The van der Waals surface area contributed by atoms with Crippen molar-refractivity contribution in [2.75, 3.05) is 6.54 Å². The minimum atomic E-state index is -0.910. The molecule has 2 rings (SSSR count). The van der Waals surface area contributed by atoms with Crippen LogP contribution in [0.1, 0.15) is 46.1 Å². The van der Waals surface area contributed by atoms with Crippen LogP contribution in [0.5, 0.6) is 0 Å². The molecule has 1 aliphatic rings. The Hall–Kier alpha value is -2.12. The van der Waals surface area contributed by atoms with Gasteiger partial charge in [-0.05, 0) is 24.7 Å². The van der Waals surface area contributed by atoms with Crippen LogP contribution in [0.25, 0.3) is 0 Å². The van der Waals surface area contributed by atoms with Crippen molar-refractivity contribution < 1.29 is 14.8 Å². The van der Waals surface area contributed by atoms with Gasteiger partial charge in [0.25, 0.3) is 0 Å². The first-order valence-corrected chi connectivity index (χ1v) is 7.38. The number of nitrogens with zero attached hydrogens (tertiary/aromatic N) is 4. The molecule has 8 heteroatoms. The zero-order valence-corrected chi connectivity index (χ0v) is 13.1. The number of nitro groups is 1. The third kappa shape index (κ3) is 3.37. The quantitative estimate of drug-likeness (QED) is 0.668. The van der Waals surface area contributed by atoms with Crippen LogP contribution < -0.4 is 0 Å². The number of carbonyl (C=O) groups is 1. The second kappa shape index (κ2) is 5.94. The molecule has 1 aromatic heterocycles. The standard InChI is InChI=1S/C14H22N4O4/c1-14(2,3)12-7-10(5-4-6-16(12)13(19)20)17-9-11(8-15-17)18(21)22/h8-10,12H,4-7H2,1-3H3,(H,19,20). The Morgan fingerprint density at radius 2 is 2.18 bits per heavy atom. The van der Waals surface area contributed by atoms with Crippen molar-refractivity contribution >= 4 is 11.8 Å². The molecular formula is C14H22N4O4. The van der Waals surface area contributed by atoms with Crippen molar-refractivity contribution in [2.45, 2.75) is 52.1 Å².